The van der Waals surface area contributed by atoms with Gasteiger partial charge in [0.2, 0.25) is 41.4 Å². The van der Waals surface area contributed by atoms with Crippen molar-refractivity contribution >= 4 is 88.3 Å². The second-order valence-corrected chi connectivity index (χ2v) is 33.6. The molecule has 3 aliphatic rings. The number of imide groups is 1. The molecule has 2 heterocycles. The van der Waals surface area contributed by atoms with E-state index in [9.17, 15) is 61.9 Å². The Hall–Kier alpha value is -7.49. The minimum atomic E-state index is -1.03. The minimum Gasteiger partial charge on any atom is -0.461 e. The third-order valence-corrected chi connectivity index (χ3v) is 23.8. The summed E-state index contributed by atoms with van der Waals surface area (Å²) in [7, 11) is 9.73. The largest absolute Gasteiger partial charge is 0.461 e. The highest BCUT2D eigenvalue weighted by Gasteiger charge is 2.48. The van der Waals surface area contributed by atoms with Gasteiger partial charge in [0, 0.05) is 110 Å². The fourth-order valence-corrected chi connectivity index (χ4v) is 16.3. The summed E-state index contributed by atoms with van der Waals surface area (Å²) >= 11 is 1.58. The van der Waals surface area contributed by atoms with Crippen molar-refractivity contribution in [3.05, 3.63) is 71.0 Å². The van der Waals surface area contributed by atoms with E-state index in [0.717, 1.165) is 30.7 Å². The number of likely N-dealkylation sites (N-methyl/N-ethyl adjacent to an activating group) is 2. The molecule has 0 aromatic heterocycles. The van der Waals surface area contributed by atoms with Crippen molar-refractivity contribution in [2.24, 2.45) is 52.6 Å². The lowest BCUT2D eigenvalue weighted by Gasteiger charge is -2.41. The first-order valence-electron chi connectivity index (χ1n) is 39.5. The molecule has 2 aliphatic heterocycles. The number of ether oxygens (including phenoxy) is 4. The van der Waals surface area contributed by atoms with E-state index in [2.05, 4.69) is 17.6 Å². The molecule has 1 saturated carbocycles. The van der Waals surface area contributed by atoms with Crippen LogP contribution in [-0.4, -0.2) is 223 Å². The molecule has 614 valence electrons. The normalized spacial score (nSPS) is 18.9. The molecule has 25 nitrogen and oxygen atoms in total. The molecular formula is C83H127FN8O17S. The lowest BCUT2D eigenvalue weighted by Crippen LogP contribution is -2.54. The van der Waals surface area contributed by atoms with Crippen LogP contribution in [-0.2, 0) is 84.7 Å². The number of Topliss-reactive ketones (excluding diaryl/α,β-unsaturated/α-hetero) is 4. The Balaban J connectivity index is 1.18. The number of thioether (sulfide) groups is 1. The number of nitrogens with one attached hydrogen (secondary N) is 2. The van der Waals surface area contributed by atoms with Crippen LogP contribution >= 0.6 is 11.8 Å². The first kappa shape index (κ1) is 93.1. The van der Waals surface area contributed by atoms with E-state index in [4.69, 9.17) is 24.7 Å². The quantitative estimate of drug-likeness (QED) is 0.0240. The Morgan fingerprint density at radius 3 is 1.94 bits per heavy atom. The summed E-state index contributed by atoms with van der Waals surface area (Å²) in [5.41, 5.74) is 7.11. The summed E-state index contributed by atoms with van der Waals surface area (Å²) in [5, 5.41) is 5.35. The number of primary amides is 1. The lowest BCUT2D eigenvalue weighted by molar-refractivity contribution is -0.149. The van der Waals surface area contributed by atoms with E-state index in [1.807, 2.05) is 74.4 Å². The molecule has 4 N–H and O–H groups in total. The Bertz CT molecular complexity index is 3430. The number of nitrogens with zero attached hydrogens (tertiary/aromatic N) is 5. The molecule has 3 fully saturated rings. The highest BCUT2D eigenvalue weighted by molar-refractivity contribution is 8.00. The number of amides is 8. The number of benzene rings is 2. The zero-order chi connectivity index (χ0) is 82.0. The number of hydrogen-bond donors (Lipinski definition) is 3. The van der Waals surface area contributed by atoms with Gasteiger partial charge in [-0.2, -0.15) is 0 Å². The van der Waals surface area contributed by atoms with E-state index < -0.39 is 114 Å². The van der Waals surface area contributed by atoms with Gasteiger partial charge in [-0.05, 0) is 136 Å². The van der Waals surface area contributed by atoms with Crippen LogP contribution in [0, 0.1) is 52.7 Å². The van der Waals surface area contributed by atoms with Crippen LogP contribution in [0.5, 0.6) is 0 Å². The molecule has 0 radical (unpaired) electrons. The van der Waals surface area contributed by atoms with Gasteiger partial charge >= 0.3 is 12.1 Å². The van der Waals surface area contributed by atoms with Gasteiger partial charge in [0.15, 0.2) is 17.3 Å². The fraction of sp³-hybridized carbons (Fsp3) is 0.699. The maximum Gasteiger partial charge on any atom is 0.409 e. The van der Waals surface area contributed by atoms with Gasteiger partial charge in [-0.15, -0.1) is 11.8 Å². The van der Waals surface area contributed by atoms with E-state index in [-0.39, 0.29) is 165 Å². The van der Waals surface area contributed by atoms with Crippen LogP contribution < -0.4 is 16.4 Å². The van der Waals surface area contributed by atoms with Crippen LogP contribution in [0.2, 0.25) is 0 Å². The van der Waals surface area contributed by atoms with Gasteiger partial charge in [0.05, 0.1) is 66.6 Å². The summed E-state index contributed by atoms with van der Waals surface area (Å²) in [4.78, 5) is 185. The van der Waals surface area contributed by atoms with Gasteiger partial charge in [-0.25, -0.2) is 9.18 Å². The smallest absolute Gasteiger partial charge is 0.409 e. The van der Waals surface area contributed by atoms with Crippen molar-refractivity contribution in [1.82, 2.24) is 35.1 Å². The minimum absolute atomic E-state index is 0.00416. The molecule has 27 heteroatoms. The van der Waals surface area contributed by atoms with Crippen molar-refractivity contribution in [3.8, 4) is 0 Å². The van der Waals surface area contributed by atoms with E-state index in [0.29, 0.717) is 56.2 Å². The molecule has 1 aliphatic carbocycles. The third kappa shape index (κ3) is 28.3. The van der Waals surface area contributed by atoms with Crippen LogP contribution in [0.3, 0.4) is 0 Å². The Morgan fingerprint density at radius 2 is 1.35 bits per heavy atom. The Labute approximate surface area is 655 Å². The third-order valence-electron chi connectivity index (χ3n) is 22.2. The average molecular weight is 1560 g/mol. The average Bonchev–Trinajstić information content (AvgIpc) is 1.75. The number of methoxy groups -OCH3 is 2. The number of hydrogen-bond acceptors (Lipinski definition) is 19. The predicted molar refractivity (Wildman–Crippen MR) is 418 cm³/mol. The summed E-state index contributed by atoms with van der Waals surface area (Å²) in [6.45, 7) is 20.9. The first-order chi connectivity index (χ1) is 51.8. The zero-order valence-electron chi connectivity index (χ0n) is 68.4. The SMILES string of the molecule is CC[C@H](C)[C@@H]([C@@H](CC(=O)N1C[C@@H](OC(=O)N(C)CCCC(=O)OCc2ccc(CC(=O)[C@H](CCCCC(N)=O)NC(=O)[C@@H](CC(=O)CCCCCN3C(=O)CC(SCC4(C)CC4)C3=O)C(C)C)cc2)C[C@H]1[C@H](OC)[C@@H](C)C(=O)N[C@@H](C)C(=O)c1ccc(F)cc1)OC)N(C)C(=O)[C@@H](CC(=O)[C@H](C(C)C)N(C)C)C(C)C. The highest BCUT2D eigenvalue weighted by atomic mass is 32.2. The van der Waals surface area contributed by atoms with Crippen molar-refractivity contribution in [1.29, 1.82) is 0 Å². The summed E-state index contributed by atoms with van der Waals surface area (Å²) in [6, 6.07) is 7.95. The van der Waals surface area contributed by atoms with Gasteiger partial charge in [0.1, 0.15) is 24.3 Å². The molecule has 2 saturated heterocycles. The number of carbonyl (C=O) groups excluding carboxylic acids is 13. The highest BCUT2D eigenvalue weighted by Crippen LogP contribution is 2.49. The van der Waals surface area contributed by atoms with Gasteiger partial charge < -0.3 is 50.0 Å². The second kappa shape index (κ2) is 44.7. The standard InChI is InChI=1S/C83H127FN8O17S/c1-18-53(8)75(90(15)80(103)63(51(4)5)44-67(95)74(52(6)7)88(12)13)68(106-16)45-71(97)92-47-61(43-65(92)77(107-17)54(9)78(101)86-55(10)76(100)58-33-35-59(84)36-34-58)109-82(105)89(14)39-24-28-73(99)108-48-57-31-29-56(30-32-57)41-66(94)64(26-21-22-27-70(85)96)87-79(102)62(50(2)3)42-60(93)25-20-19-23-40-91-72(98)46-69(81(91)104)110-49-83(11)37-38-83/h29-36,50-55,61-65,68-69,74-75,77H,18-28,37-49H2,1-17H3,(H2,85,96)(H,86,101)(H,87,102)/t53-,54+,55-,61-,62-,63-,64-,65-,68+,69?,74-,75-,77+/m0/s1. The number of halogens is 1. The molecule has 1 unspecified atom stereocenters. The van der Waals surface area contributed by atoms with Gasteiger partial charge in [0.25, 0.3) is 0 Å². The van der Waals surface area contributed by atoms with Crippen molar-refractivity contribution in [2.45, 2.75) is 259 Å². The van der Waals surface area contributed by atoms with Crippen LogP contribution in [0.25, 0.3) is 0 Å². The zero-order valence-corrected chi connectivity index (χ0v) is 69.2. The first-order valence-corrected chi connectivity index (χ1v) is 40.6. The summed E-state index contributed by atoms with van der Waals surface area (Å²) in [6.07, 6.45) is 2.52. The molecule has 0 bridgehead atoms. The topological polar surface area (TPSA) is 325 Å². The molecule has 2 aromatic rings. The molecule has 0 spiro atoms. The molecule has 13 atom stereocenters. The number of unbranched alkanes of at least 4 members (excludes halogenated alkanes) is 3. The monoisotopic (exact) mass is 1560 g/mol. The van der Waals surface area contributed by atoms with Gasteiger partial charge in [-0.3, -0.25) is 67.3 Å². The molecule has 5 rings (SSSR count). The molecule has 110 heavy (non-hydrogen) atoms. The van der Waals surface area contributed by atoms with E-state index >= 15 is 4.79 Å². The molecular weight excluding hydrogens is 1430 g/mol. The molecule has 8 amide bonds. The van der Waals surface area contributed by atoms with E-state index in [1.54, 1.807) is 54.9 Å². The van der Waals surface area contributed by atoms with Crippen LogP contribution in [0.15, 0.2) is 48.5 Å². The number of esters is 1. The van der Waals surface area contributed by atoms with Gasteiger partial charge in [-0.1, -0.05) is 113 Å². The number of nitrogens with two attached hydrogens (primary N) is 1. The van der Waals surface area contributed by atoms with Crippen molar-refractivity contribution in [3.63, 3.8) is 0 Å². The van der Waals surface area contributed by atoms with Crippen LogP contribution in [0.4, 0.5) is 9.18 Å². The number of carbonyl (C=O) groups is 13. The fourth-order valence-electron chi connectivity index (χ4n) is 14.9. The second-order valence-electron chi connectivity index (χ2n) is 32.4. The van der Waals surface area contributed by atoms with E-state index in [1.165, 1.54) is 55.0 Å². The maximum absolute atomic E-state index is 15.1. The maximum atomic E-state index is 15.1. The summed E-state index contributed by atoms with van der Waals surface area (Å²) in [5.74, 6) is -6.58. The number of likely N-dealkylation sites (tertiary alicyclic amines) is 2. The lowest BCUT2D eigenvalue weighted by atomic mass is 9.83. The van der Waals surface area contributed by atoms with Crippen LogP contribution in [0.1, 0.15) is 213 Å². The summed E-state index contributed by atoms with van der Waals surface area (Å²) < 4.78 is 37.7. The predicted octanol–water partition coefficient (Wildman–Crippen LogP) is 9.92. The Morgan fingerprint density at radius 1 is 0.718 bits per heavy atom. The Kier molecular flexibility index (Phi) is 37.8. The molecule has 2 aromatic carbocycles. The number of rotatable bonds is 50. The van der Waals surface area contributed by atoms with Crippen molar-refractivity contribution < 1.29 is 85.7 Å². The van der Waals surface area contributed by atoms with Crippen molar-refractivity contribution in [2.75, 3.05) is 67.8 Å². The number of ketones is 4.